The largest absolute Gasteiger partial charge is 0.379 e. The van der Waals surface area contributed by atoms with Gasteiger partial charge in [-0.05, 0) is 0 Å². The molecule has 2 heterocycles. The predicted molar refractivity (Wildman–Crippen MR) is 73.0 cm³/mol. The van der Waals surface area contributed by atoms with E-state index in [9.17, 15) is 8.42 Å². The first-order chi connectivity index (χ1) is 9.12. The first kappa shape index (κ1) is 14.2. The Bertz CT molecular complexity index is 581. The third-order valence-corrected chi connectivity index (χ3v) is 4.80. The summed E-state index contributed by atoms with van der Waals surface area (Å²) in [6, 6.07) is 0. The fraction of sp³-hybridized carbons (Fsp3) is 0.500. The van der Waals surface area contributed by atoms with Gasteiger partial charge >= 0.3 is 10.2 Å². The molecule has 0 aromatic carbocycles. The standard InChI is InChI=1S/C10H14N4O3S2/c11-3-1-2-9-8-12-10(18-9)13-19(15,16)14-4-6-17-7-5-14/h8H,3-7,11H2,(H,12,13). The third kappa shape index (κ3) is 3.89. The van der Waals surface area contributed by atoms with Crippen LogP contribution in [0.1, 0.15) is 4.88 Å². The summed E-state index contributed by atoms with van der Waals surface area (Å²) in [5, 5.41) is 0.299. The maximum atomic E-state index is 12.0. The van der Waals surface area contributed by atoms with Gasteiger partial charge in [0.2, 0.25) is 0 Å². The van der Waals surface area contributed by atoms with E-state index in [4.69, 9.17) is 10.5 Å². The maximum absolute atomic E-state index is 12.0. The van der Waals surface area contributed by atoms with Gasteiger partial charge in [-0.3, -0.25) is 0 Å². The number of morpholine rings is 1. The Kier molecular flexibility index (Phi) is 4.73. The van der Waals surface area contributed by atoms with Crippen molar-refractivity contribution in [2.45, 2.75) is 0 Å². The van der Waals surface area contributed by atoms with Gasteiger partial charge in [-0.2, -0.15) is 12.7 Å². The molecule has 0 bridgehead atoms. The molecule has 1 aliphatic rings. The Morgan fingerprint density at radius 1 is 1.53 bits per heavy atom. The SMILES string of the molecule is NCC#Cc1cnc(NS(=O)(=O)N2CCOCC2)s1. The zero-order valence-electron chi connectivity index (χ0n) is 10.1. The maximum Gasteiger partial charge on any atom is 0.303 e. The molecule has 0 atom stereocenters. The second-order valence-electron chi connectivity index (χ2n) is 3.65. The van der Waals surface area contributed by atoms with Crippen LogP contribution in [0.25, 0.3) is 0 Å². The molecule has 1 aromatic rings. The molecule has 9 heteroatoms. The van der Waals surface area contributed by atoms with Gasteiger partial charge in [0.05, 0.1) is 30.8 Å². The van der Waals surface area contributed by atoms with E-state index in [2.05, 4.69) is 21.5 Å². The molecule has 104 valence electrons. The molecule has 0 radical (unpaired) electrons. The van der Waals surface area contributed by atoms with E-state index in [-0.39, 0.29) is 6.54 Å². The number of nitrogens with zero attached hydrogens (tertiary/aromatic N) is 2. The van der Waals surface area contributed by atoms with Crippen molar-refractivity contribution in [3.05, 3.63) is 11.1 Å². The van der Waals surface area contributed by atoms with Crippen molar-refractivity contribution in [3.8, 4) is 11.8 Å². The van der Waals surface area contributed by atoms with Crippen LogP contribution >= 0.6 is 11.3 Å². The van der Waals surface area contributed by atoms with Gasteiger partial charge in [0.15, 0.2) is 5.13 Å². The fourth-order valence-corrected chi connectivity index (χ4v) is 3.54. The summed E-state index contributed by atoms with van der Waals surface area (Å²) < 4.78 is 33.0. The predicted octanol–water partition coefficient (Wildman–Crippen LogP) is -0.558. The van der Waals surface area contributed by atoms with Crippen molar-refractivity contribution in [2.75, 3.05) is 37.6 Å². The average molecular weight is 302 g/mol. The number of nitrogens with two attached hydrogens (primary N) is 1. The molecule has 0 spiro atoms. The highest BCUT2D eigenvalue weighted by Gasteiger charge is 2.24. The van der Waals surface area contributed by atoms with Crippen molar-refractivity contribution >= 4 is 26.7 Å². The lowest BCUT2D eigenvalue weighted by molar-refractivity contribution is 0.0733. The highest BCUT2D eigenvalue weighted by Crippen LogP contribution is 2.19. The summed E-state index contributed by atoms with van der Waals surface area (Å²) in [4.78, 5) is 4.65. The minimum absolute atomic E-state index is 0.257. The molecule has 0 saturated carbocycles. The lowest BCUT2D eigenvalue weighted by atomic mass is 10.5. The normalized spacial score (nSPS) is 16.7. The highest BCUT2D eigenvalue weighted by atomic mass is 32.2. The molecule has 1 fully saturated rings. The molecule has 3 N–H and O–H groups in total. The second kappa shape index (κ2) is 6.31. The fourth-order valence-electron chi connectivity index (χ4n) is 1.48. The Morgan fingerprint density at radius 3 is 2.95 bits per heavy atom. The van der Waals surface area contributed by atoms with Crippen LogP contribution in [0.4, 0.5) is 5.13 Å². The Balaban J connectivity index is 2.05. The van der Waals surface area contributed by atoms with E-state index in [1.165, 1.54) is 21.8 Å². The molecular formula is C10H14N4O3S2. The number of nitrogens with one attached hydrogen (secondary N) is 1. The van der Waals surface area contributed by atoms with E-state index in [0.717, 1.165) is 0 Å². The third-order valence-electron chi connectivity index (χ3n) is 2.35. The summed E-state index contributed by atoms with van der Waals surface area (Å²) in [5.74, 6) is 5.49. The summed E-state index contributed by atoms with van der Waals surface area (Å²) in [6.07, 6.45) is 1.52. The Hall–Kier alpha value is -1.18. The Labute approximate surface area is 115 Å². The molecule has 19 heavy (non-hydrogen) atoms. The van der Waals surface area contributed by atoms with Crippen LogP contribution in [0.3, 0.4) is 0 Å². The first-order valence-electron chi connectivity index (χ1n) is 5.62. The van der Waals surface area contributed by atoms with Crippen molar-refractivity contribution in [3.63, 3.8) is 0 Å². The molecule has 0 amide bonds. The summed E-state index contributed by atoms with van der Waals surface area (Å²) in [6.45, 7) is 1.77. The number of hydrogen-bond acceptors (Lipinski definition) is 6. The van der Waals surface area contributed by atoms with Gasteiger partial charge in [0, 0.05) is 13.1 Å². The van der Waals surface area contributed by atoms with Crippen molar-refractivity contribution in [1.82, 2.24) is 9.29 Å². The van der Waals surface area contributed by atoms with Gasteiger partial charge in [0.1, 0.15) is 0 Å². The first-order valence-corrected chi connectivity index (χ1v) is 7.88. The molecule has 2 rings (SSSR count). The molecule has 0 aliphatic carbocycles. The quantitative estimate of drug-likeness (QED) is 0.730. The molecule has 1 aliphatic heterocycles. The van der Waals surface area contributed by atoms with Gasteiger partial charge in [0.25, 0.3) is 0 Å². The van der Waals surface area contributed by atoms with Crippen molar-refractivity contribution < 1.29 is 13.2 Å². The van der Waals surface area contributed by atoms with Crippen LogP contribution < -0.4 is 10.5 Å². The molecule has 1 saturated heterocycles. The lowest BCUT2D eigenvalue weighted by Crippen LogP contribution is -2.43. The monoisotopic (exact) mass is 302 g/mol. The Morgan fingerprint density at radius 2 is 2.26 bits per heavy atom. The summed E-state index contributed by atoms with van der Waals surface area (Å²) >= 11 is 1.18. The highest BCUT2D eigenvalue weighted by molar-refractivity contribution is 7.90. The van der Waals surface area contributed by atoms with Crippen LogP contribution in [0, 0.1) is 11.8 Å². The molecule has 7 nitrogen and oxygen atoms in total. The van der Waals surface area contributed by atoms with Gasteiger partial charge < -0.3 is 10.5 Å². The molecule has 1 aromatic heterocycles. The van der Waals surface area contributed by atoms with Gasteiger partial charge in [-0.1, -0.05) is 23.2 Å². The number of hydrogen-bond donors (Lipinski definition) is 2. The van der Waals surface area contributed by atoms with E-state index >= 15 is 0 Å². The zero-order valence-corrected chi connectivity index (χ0v) is 11.8. The number of aromatic nitrogens is 1. The van der Waals surface area contributed by atoms with Gasteiger partial charge in [-0.15, -0.1) is 0 Å². The van der Waals surface area contributed by atoms with Crippen LogP contribution in [-0.2, 0) is 14.9 Å². The van der Waals surface area contributed by atoms with E-state index < -0.39 is 10.2 Å². The smallest absolute Gasteiger partial charge is 0.303 e. The summed E-state index contributed by atoms with van der Waals surface area (Å²) in [7, 11) is -3.57. The van der Waals surface area contributed by atoms with Crippen LogP contribution in [-0.4, -0.2) is 50.6 Å². The second-order valence-corrected chi connectivity index (χ2v) is 6.36. The topological polar surface area (TPSA) is 97.5 Å². The zero-order chi connectivity index (χ0) is 13.7. The van der Waals surface area contributed by atoms with Gasteiger partial charge in [-0.25, -0.2) is 9.71 Å². The summed E-state index contributed by atoms with van der Waals surface area (Å²) in [5.41, 5.74) is 5.26. The molecular weight excluding hydrogens is 288 g/mol. The van der Waals surface area contributed by atoms with Crippen molar-refractivity contribution in [2.24, 2.45) is 5.73 Å². The number of ether oxygens (including phenoxy) is 1. The van der Waals surface area contributed by atoms with Crippen LogP contribution in [0.5, 0.6) is 0 Å². The molecule has 0 unspecified atom stereocenters. The minimum Gasteiger partial charge on any atom is -0.379 e. The number of thiazole rings is 1. The number of rotatable bonds is 3. The number of anilines is 1. The lowest BCUT2D eigenvalue weighted by Gasteiger charge is -2.25. The van der Waals surface area contributed by atoms with Crippen LogP contribution in [0.2, 0.25) is 0 Å². The average Bonchev–Trinajstić information content (AvgIpc) is 2.84. The van der Waals surface area contributed by atoms with E-state index in [0.29, 0.717) is 36.3 Å². The van der Waals surface area contributed by atoms with E-state index in [1.54, 1.807) is 0 Å². The van der Waals surface area contributed by atoms with E-state index in [1.807, 2.05) is 0 Å². The minimum atomic E-state index is -3.57. The van der Waals surface area contributed by atoms with Crippen LogP contribution in [0.15, 0.2) is 6.20 Å². The van der Waals surface area contributed by atoms with Crippen molar-refractivity contribution in [1.29, 1.82) is 0 Å².